The minimum atomic E-state index is -0.388. The van der Waals surface area contributed by atoms with E-state index in [1.165, 1.54) is 11.1 Å². The fourth-order valence-electron chi connectivity index (χ4n) is 3.55. The van der Waals surface area contributed by atoms with Gasteiger partial charge in [0.05, 0.1) is 16.3 Å². The number of hydrogen-bond donors (Lipinski definition) is 2. The van der Waals surface area contributed by atoms with E-state index in [0.29, 0.717) is 40.7 Å². The third-order valence-electron chi connectivity index (χ3n) is 5.18. The molecule has 4 aromatic rings. The molecule has 1 heterocycles. The molecule has 0 bridgehead atoms. The summed E-state index contributed by atoms with van der Waals surface area (Å²) in [6, 6.07) is 25.6. The van der Waals surface area contributed by atoms with Crippen LogP contribution in [-0.4, -0.2) is 17.3 Å². The van der Waals surface area contributed by atoms with Crippen molar-refractivity contribution in [3.05, 3.63) is 107 Å². The number of carbonyl (C=O) groups excluding carboxylic acids is 2. The minimum Gasteiger partial charge on any atom is -0.326 e. The largest absolute Gasteiger partial charge is 0.326 e. The highest BCUT2D eigenvalue weighted by Gasteiger charge is 2.18. The van der Waals surface area contributed by atoms with Gasteiger partial charge in [0.15, 0.2) is 0 Å². The predicted molar refractivity (Wildman–Crippen MR) is 132 cm³/mol. The molecule has 164 valence electrons. The molecule has 0 spiro atoms. The fourth-order valence-corrected chi connectivity index (χ4v) is 3.66. The molecule has 0 aliphatic heterocycles. The van der Waals surface area contributed by atoms with E-state index in [2.05, 4.69) is 10.3 Å². The number of nitrogens with zero attached hydrogens (tertiary/aromatic N) is 2. The lowest BCUT2D eigenvalue weighted by molar-refractivity contribution is -0.106. The average molecular weight is 457 g/mol. The first kappa shape index (κ1) is 22.2. The molecule has 0 saturated carbocycles. The van der Waals surface area contributed by atoms with Crippen LogP contribution in [0.2, 0.25) is 5.02 Å². The monoisotopic (exact) mass is 456 g/mol. The van der Waals surface area contributed by atoms with Gasteiger partial charge in [0.1, 0.15) is 5.82 Å². The number of anilines is 3. The van der Waals surface area contributed by atoms with Crippen LogP contribution in [0.1, 0.15) is 15.9 Å². The average Bonchev–Trinajstić information content (AvgIpc) is 2.86. The number of benzene rings is 3. The van der Waals surface area contributed by atoms with E-state index in [1.807, 2.05) is 48.5 Å². The Balaban J connectivity index is 1.63. The third-order valence-corrected chi connectivity index (χ3v) is 5.40. The second-order valence-corrected chi connectivity index (χ2v) is 7.65. The number of carbonyl (C=O) groups is 2. The van der Waals surface area contributed by atoms with Gasteiger partial charge >= 0.3 is 0 Å². The van der Waals surface area contributed by atoms with Crippen LogP contribution in [0.3, 0.4) is 0 Å². The normalized spacial score (nSPS) is 10.5. The van der Waals surface area contributed by atoms with Crippen LogP contribution < -0.4 is 16.0 Å². The Morgan fingerprint density at radius 2 is 1.70 bits per heavy atom. The number of hydrogen-bond acceptors (Lipinski definition) is 4. The minimum absolute atomic E-state index is 0.332. The Bertz CT molecular complexity index is 1270. The van der Waals surface area contributed by atoms with E-state index in [0.717, 1.165) is 16.7 Å². The molecule has 6 nitrogen and oxygen atoms in total. The third kappa shape index (κ3) is 4.92. The van der Waals surface area contributed by atoms with Gasteiger partial charge in [0.25, 0.3) is 5.91 Å². The molecule has 0 radical (unpaired) electrons. The van der Waals surface area contributed by atoms with Crippen LogP contribution in [-0.2, 0) is 11.3 Å². The Hall–Kier alpha value is -4.00. The molecule has 0 saturated heterocycles. The Morgan fingerprint density at radius 3 is 2.39 bits per heavy atom. The van der Waals surface area contributed by atoms with Crippen molar-refractivity contribution >= 4 is 41.1 Å². The first-order valence-corrected chi connectivity index (χ1v) is 10.6. The molecule has 3 aromatic carbocycles. The Morgan fingerprint density at radius 1 is 0.970 bits per heavy atom. The number of pyridine rings is 1. The molecule has 0 aliphatic carbocycles. The lowest BCUT2D eigenvalue weighted by Crippen LogP contribution is -2.20. The Kier molecular flexibility index (Phi) is 6.78. The molecule has 0 aliphatic rings. The second-order valence-electron chi connectivity index (χ2n) is 7.22. The number of rotatable bonds is 7. The maximum Gasteiger partial charge on any atom is 0.258 e. The molecular weight excluding hydrogens is 436 g/mol. The molecule has 2 amide bonds. The first-order valence-electron chi connectivity index (χ1n) is 10.3. The van der Waals surface area contributed by atoms with Crippen molar-refractivity contribution in [3.8, 4) is 11.1 Å². The topological polar surface area (TPSA) is 88.3 Å². The highest BCUT2D eigenvalue weighted by Crippen LogP contribution is 2.31. The van der Waals surface area contributed by atoms with Crippen molar-refractivity contribution in [1.29, 1.82) is 0 Å². The van der Waals surface area contributed by atoms with Gasteiger partial charge in [-0.1, -0.05) is 60.1 Å². The zero-order valence-electron chi connectivity index (χ0n) is 17.6. The first-order chi connectivity index (χ1) is 16.1. The molecule has 0 fully saturated rings. The van der Waals surface area contributed by atoms with Gasteiger partial charge in [-0.25, -0.2) is 4.98 Å². The number of amides is 2. The number of nitrogens with one attached hydrogen (secondary N) is 1. The summed E-state index contributed by atoms with van der Waals surface area (Å²) >= 11 is 5.86. The molecule has 33 heavy (non-hydrogen) atoms. The van der Waals surface area contributed by atoms with E-state index in [-0.39, 0.29) is 5.91 Å². The zero-order valence-corrected chi connectivity index (χ0v) is 18.4. The van der Waals surface area contributed by atoms with E-state index >= 15 is 0 Å². The number of nitrogens with two attached hydrogens (primary N) is 1. The second kappa shape index (κ2) is 10.1. The quantitative estimate of drug-likeness (QED) is 0.364. The molecular formula is C26H21ClN4O2. The van der Waals surface area contributed by atoms with Crippen LogP contribution in [0, 0.1) is 0 Å². The highest BCUT2D eigenvalue weighted by atomic mass is 35.5. The number of aromatic nitrogens is 1. The maximum absolute atomic E-state index is 12.9. The summed E-state index contributed by atoms with van der Waals surface area (Å²) in [6.07, 6.45) is 2.14. The number of halogens is 1. The van der Waals surface area contributed by atoms with Crippen molar-refractivity contribution in [2.45, 2.75) is 6.54 Å². The summed E-state index contributed by atoms with van der Waals surface area (Å²) in [6.45, 7) is 0.434. The standard InChI is InChI=1S/C26H21ClN4O2/c27-20-11-14-25(29-16-20)30-26(33)23-7-3-4-8-24(23)31(17-32)21-12-9-18(10-13-21)22-6-2-1-5-19(22)15-28/h1-14,16-17H,15,28H2,(H,29,30,33). The van der Waals surface area contributed by atoms with Crippen molar-refractivity contribution < 1.29 is 9.59 Å². The van der Waals surface area contributed by atoms with Crippen molar-refractivity contribution in [2.24, 2.45) is 5.73 Å². The van der Waals surface area contributed by atoms with E-state index < -0.39 is 0 Å². The van der Waals surface area contributed by atoms with Crippen LogP contribution in [0.15, 0.2) is 91.1 Å². The van der Waals surface area contributed by atoms with Gasteiger partial charge in [-0.05, 0) is 53.1 Å². The van der Waals surface area contributed by atoms with Gasteiger partial charge in [-0.15, -0.1) is 0 Å². The van der Waals surface area contributed by atoms with Crippen LogP contribution in [0.25, 0.3) is 11.1 Å². The van der Waals surface area contributed by atoms with Crippen LogP contribution in [0.5, 0.6) is 0 Å². The van der Waals surface area contributed by atoms with Gasteiger partial charge in [0.2, 0.25) is 6.41 Å². The van der Waals surface area contributed by atoms with E-state index in [1.54, 1.807) is 36.4 Å². The van der Waals surface area contributed by atoms with Crippen LogP contribution in [0.4, 0.5) is 17.2 Å². The molecule has 7 heteroatoms. The summed E-state index contributed by atoms with van der Waals surface area (Å²) in [5.41, 5.74) is 10.4. The van der Waals surface area contributed by atoms with Gasteiger partial charge in [-0.3, -0.25) is 14.5 Å². The van der Waals surface area contributed by atoms with Crippen molar-refractivity contribution in [1.82, 2.24) is 4.98 Å². The molecule has 4 rings (SSSR count). The number of para-hydroxylation sites is 1. The lowest BCUT2D eigenvalue weighted by Gasteiger charge is -2.21. The Labute approximate surface area is 196 Å². The maximum atomic E-state index is 12.9. The van der Waals surface area contributed by atoms with Crippen molar-refractivity contribution in [3.63, 3.8) is 0 Å². The summed E-state index contributed by atoms with van der Waals surface area (Å²) in [4.78, 5) is 30.6. The smallest absolute Gasteiger partial charge is 0.258 e. The summed E-state index contributed by atoms with van der Waals surface area (Å²) < 4.78 is 0. The molecule has 0 unspecified atom stereocenters. The van der Waals surface area contributed by atoms with E-state index in [4.69, 9.17) is 17.3 Å². The summed E-state index contributed by atoms with van der Waals surface area (Å²) in [7, 11) is 0. The summed E-state index contributed by atoms with van der Waals surface area (Å²) in [5, 5.41) is 3.21. The molecule has 3 N–H and O–H groups in total. The zero-order chi connectivity index (χ0) is 23.2. The molecule has 0 atom stereocenters. The summed E-state index contributed by atoms with van der Waals surface area (Å²) in [5.74, 6) is -0.0273. The van der Waals surface area contributed by atoms with Gasteiger partial charge < -0.3 is 11.1 Å². The lowest BCUT2D eigenvalue weighted by atomic mass is 9.99. The predicted octanol–water partition coefficient (Wildman–Crippen LogP) is 5.41. The fraction of sp³-hybridized carbons (Fsp3) is 0.0385. The molecule has 1 aromatic heterocycles. The van der Waals surface area contributed by atoms with Crippen molar-refractivity contribution in [2.75, 3.05) is 10.2 Å². The van der Waals surface area contributed by atoms with E-state index in [9.17, 15) is 9.59 Å². The van der Waals surface area contributed by atoms with Gasteiger partial charge in [0, 0.05) is 18.4 Å². The van der Waals surface area contributed by atoms with Gasteiger partial charge in [-0.2, -0.15) is 0 Å². The highest BCUT2D eigenvalue weighted by molar-refractivity contribution is 6.30. The van der Waals surface area contributed by atoms with Crippen LogP contribution >= 0.6 is 11.6 Å². The SMILES string of the molecule is NCc1ccccc1-c1ccc(N(C=O)c2ccccc2C(=O)Nc2ccc(Cl)cn2)cc1.